The Morgan fingerprint density at radius 1 is 1.26 bits per heavy atom. The number of hydrogen-bond acceptors (Lipinski definition) is 4. The summed E-state index contributed by atoms with van der Waals surface area (Å²) in [6, 6.07) is 8.19. The molecule has 1 N–H and O–H groups in total. The molecule has 4 heteroatoms. The van der Waals surface area contributed by atoms with Gasteiger partial charge in [0.1, 0.15) is 0 Å². The first-order valence-electron chi connectivity index (χ1n) is 6.96. The number of rotatable bonds is 8. The van der Waals surface area contributed by atoms with Gasteiger partial charge in [0.05, 0.1) is 16.3 Å². The Bertz CT molecular complexity index is 465. The fourth-order valence-electron chi connectivity index (χ4n) is 1.97. The molecule has 0 radical (unpaired) electrons. The minimum atomic E-state index is -0.200. The number of aliphatic hydroxyl groups excluding tert-OH is 1. The van der Waals surface area contributed by atoms with Gasteiger partial charge in [-0.2, -0.15) is 0 Å². The van der Waals surface area contributed by atoms with E-state index in [9.17, 15) is 5.11 Å². The average Bonchev–Trinajstić information content (AvgIpc) is 2.84. The third kappa shape index (κ3) is 4.79. The van der Waals surface area contributed by atoms with Crippen molar-refractivity contribution in [3.63, 3.8) is 0 Å². The molecule has 0 spiro atoms. The molecular weight excluding hydrogens is 274 g/mol. The van der Waals surface area contributed by atoms with Gasteiger partial charge in [-0.05, 0) is 18.6 Å². The Hall–Kier alpha value is -0.580. The molecule has 2 aromatic rings. The Labute approximate surface area is 123 Å². The highest BCUT2D eigenvalue weighted by Crippen LogP contribution is 2.29. The lowest BCUT2D eigenvalue weighted by Crippen LogP contribution is -2.09. The van der Waals surface area contributed by atoms with Gasteiger partial charge in [-0.3, -0.25) is 0 Å². The first-order valence-corrected chi connectivity index (χ1v) is 8.76. The van der Waals surface area contributed by atoms with Crippen molar-refractivity contribution in [3.8, 4) is 0 Å². The second-order valence-electron chi connectivity index (χ2n) is 4.76. The summed E-state index contributed by atoms with van der Waals surface area (Å²) in [5.74, 6) is 0.756. The molecular formula is C15H21NOS2. The van der Waals surface area contributed by atoms with E-state index in [1.165, 1.54) is 24.0 Å². The summed E-state index contributed by atoms with van der Waals surface area (Å²) in [7, 11) is 0. The molecule has 0 aliphatic rings. The fraction of sp³-hybridized carbons (Fsp3) is 0.533. The number of fused-ring (bicyclic) bond motifs is 1. The lowest BCUT2D eigenvalue weighted by atomic mass is 10.1. The van der Waals surface area contributed by atoms with Crippen LogP contribution in [0, 0.1) is 0 Å². The van der Waals surface area contributed by atoms with Crippen LogP contribution in [0.1, 0.15) is 39.0 Å². The Morgan fingerprint density at radius 2 is 2.11 bits per heavy atom. The molecule has 0 saturated carbocycles. The molecule has 0 bridgehead atoms. The Balaban J connectivity index is 1.75. The van der Waals surface area contributed by atoms with Gasteiger partial charge in [-0.1, -0.05) is 56.5 Å². The molecule has 1 aromatic carbocycles. The highest BCUT2D eigenvalue weighted by atomic mass is 32.2. The Kier molecular flexibility index (Phi) is 6.14. The summed E-state index contributed by atoms with van der Waals surface area (Å²) in [6.07, 6.45) is 5.61. The van der Waals surface area contributed by atoms with Gasteiger partial charge in [0.25, 0.3) is 0 Å². The van der Waals surface area contributed by atoms with Gasteiger partial charge in [-0.15, -0.1) is 11.3 Å². The van der Waals surface area contributed by atoms with E-state index in [-0.39, 0.29) is 6.10 Å². The van der Waals surface area contributed by atoms with Gasteiger partial charge in [0, 0.05) is 5.75 Å². The summed E-state index contributed by atoms with van der Waals surface area (Å²) in [5, 5.41) is 9.94. The molecule has 1 aromatic heterocycles. The number of unbranched alkanes of at least 4 members (excludes halogenated alkanes) is 3. The SMILES string of the molecule is CCCCCC[C@@H](O)CSc1nc2ccccc2s1. The zero-order chi connectivity index (χ0) is 13.5. The lowest BCUT2D eigenvalue weighted by Gasteiger charge is -2.08. The smallest absolute Gasteiger partial charge is 0.151 e. The number of nitrogens with zero attached hydrogens (tertiary/aromatic N) is 1. The topological polar surface area (TPSA) is 33.1 Å². The molecule has 0 aliphatic carbocycles. The minimum absolute atomic E-state index is 0.200. The van der Waals surface area contributed by atoms with E-state index < -0.39 is 0 Å². The summed E-state index contributed by atoms with van der Waals surface area (Å²) in [6.45, 7) is 2.21. The van der Waals surface area contributed by atoms with Crippen LogP contribution in [0.15, 0.2) is 28.6 Å². The van der Waals surface area contributed by atoms with Crippen LogP contribution in [-0.2, 0) is 0 Å². The quantitative estimate of drug-likeness (QED) is 0.565. The number of aliphatic hydroxyl groups is 1. The largest absolute Gasteiger partial charge is 0.392 e. The molecule has 1 heterocycles. The molecule has 104 valence electrons. The van der Waals surface area contributed by atoms with E-state index in [1.807, 2.05) is 18.2 Å². The predicted octanol–water partition coefficient (Wildman–Crippen LogP) is 4.72. The fourth-order valence-corrected chi connectivity index (χ4v) is 4.04. The molecule has 1 atom stereocenters. The maximum Gasteiger partial charge on any atom is 0.151 e. The number of hydrogen-bond donors (Lipinski definition) is 1. The highest BCUT2D eigenvalue weighted by molar-refractivity contribution is 8.01. The van der Waals surface area contributed by atoms with Crippen molar-refractivity contribution < 1.29 is 5.11 Å². The average molecular weight is 295 g/mol. The van der Waals surface area contributed by atoms with Gasteiger partial charge in [0.2, 0.25) is 0 Å². The number of para-hydroxylation sites is 1. The van der Waals surface area contributed by atoms with Crippen LogP contribution >= 0.6 is 23.1 Å². The van der Waals surface area contributed by atoms with Crippen LogP contribution in [0.3, 0.4) is 0 Å². The maximum absolute atomic E-state index is 9.94. The normalized spacial score (nSPS) is 12.9. The van der Waals surface area contributed by atoms with Gasteiger partial charge >= 0.3 is 0 Å². The van der Waals surface area contributed by atoms with Gasteiger partial charge in [0.15, 0.2) is 4.34 Å². The zero-order valence-electron chi connectivity index (χ0n) is 11.3. The molecule has 2 nitrogen and oxygen atoms in total. The van der Waals surface area contributed by atoms with E-state index in [4.69, 9.17) is 0 Å². The first kappa shape index (κ1) is 14.8. The summed E-state index contributed by atoms with van der Waals surface area (Å²) < 4.78 is 2.29. The number of aromatic nitrogens is 1. The van der Waals surface area contributed by atoms with Crippen LogP contribution in [0.25, 0.3) is 10.2 Å². The molecule has 0 unspecified atom stereocenters. The van der Waals surface area contributed by atoms with E-state index in [0.717, 1.165) is 28.5 Å². The number of benzene rings is 1. The molecule has 0 amide bonds. The standard InChI is InChI=1S/C15H21NOS2/c1-2-3-4-5-8-12(17)11-18-15-16-13-9-6-7-10-14(13)19-15/h6-7,9-10,12,17H,2-5,8,11H2,1H3/t12-/m1/s1. The van der Waals surface area contributed by atoms with Crippen molar-refractivity contribution in [1.29, 1.82) is 0 Å². The van der Waals surface area contributed by atoms with Crippen LogP contribution in [0.4, 0.5) is 0 Å². The molecule has 0 fully saturated rings. The van der Waals surface area contributed by atoms with Crippen LogP contribution in [0.2, 0.25) is 0 Å². The van der Waals surface area contributed by atoms with Crippen molar-refractivity contribution in [3.05, 3.63) is 24.3 Å². The van der Waals surface area contributed by atoms with E-state index >= 15 is 0 Å². The van der Waals surface area contributed by atoms with Crippen molar-refractivity contribution in [2.45, 2.75) is 49.5 Å². The van der Waals surface area contributed by atoms with Crippen molar-refractivity contribution in [2.75, 3.05) is 5.75 Å². The van der Waals surface area contributed by atoms with Crippen molar-refractivity contribution >= 4 is 33.3 Å². The summed E-state index contributed by atoms with van der Waals surface area (Å²) >= 11 is 3.39. The van der Waals surface area contributed by atoms with E-state index in [0.29, 0.717) is 0 Å². The second-order valence-corrected chi connectivity index (χ2v) is 7.06. The third-order valence-electron chi connectivity index (χ3n) is 3.06. The van der Waals surface area contributed by atoms with Crippen LogP contribution in [0.5, 0.6) is 0 Å². The van der Waals surface area contributed by atoms with Gasteiger partial charge < -0.3 is 5.11 Å². The van der Waals surface area contributed by atoms with E-state index in [2.05, 4.69) is 18.0 Å². The summed E-state index contributed by atoms with van der Waals surface area (Å²) in [5.41, 5.74) is 1.06. The van der Waals surface area contributed by atoms with E-state index in [1.54, 1.807) is 23.1 Å². The lowest BCUT2D eigenvalue weighted by molar-refractivity contribution is 0.185. The zero-order valence-corrected chi connectivity index (χ0v) is 13.0. The van der Waals surface area contributed by atoms with Crippen LogP contribution in [-0.4, -0.2) is 21.9 Å². The van der Waals surface area contributed by atoms with Crippen molar-refractivity contribution in [1.82, 2.24) is 4.98 Å². The number of thioether (sulfide) groups is 1. The molecule has 0 saturated heterocycles. The number of thiazole rings is 1. The maximum atomic E-state index is 9.94. The van der Waals surface area contributed by atoms with Crippen molar-refractivity contribution in [2.24, 2.45) is 0 Å². The van der Waals surface area contributed by atoms with Crippen LogP contribution < -0.4 is 0 Å². The Morgan fingerprint density at radius 3 is 2.89 bits per heavy atom. The highest BCUT2D eigenvalue weighted by Gasteiger charge is 2.08. The summed E-state index contributed by atoms with van der Waals surface area (Å²) in [4.78, 5) is 4.56. The minimum Gasteiger partial charge on any atom is -0.392 e. The molecule has 0 aliphatic heterocycles. The molecule has 2 rings (SSSR count). The van der Waals surface area contributed by atoms with Gasteiger partial charge in [-0.25, -0.2) is 4.98 Å². The molecule has 19 heavy (non-hydrogen) atoms. The second kappa shape index (κ2) is 7.88. The predicted molar refractivity (Wildman–Crippen MR) is 85.1 cm³/mol. The first-order chi connectivity index (χ1) is 9.29. The third-order valence-corrected chi connectivity index (χ3v) is 5.39. The monoisotopic (exact) mass is 295 g/mol.